The van der Waals surface area contributed by atoms with Gasteiger partial charge in [0.25, 0.3) is 0 Å². The summed E-state index contributed by atoms with van der Waals surface area (Å²) in [5.74, 6) is 3.06. The first kappa shape index (κ1) is 10.4. The fraction of sp³-hybridized carbons (Fsp3) is 0.714. The Morgan fingerprint density at radius 3 is 2.50 bits per heavy atom. The van der Waals surface area contributed by atoms with Crippen LogP contribution in [0.4, 0.5) is 0 Å². The molecule has 2 aliphatic carbocycles. The maximum atomic E-state index is 5.40. The summed E-state index contributed by atoms with van der Waals surface area (Å²) in [5.41, 5.74) is 0. The SMILES string of the molecule is CC(Cc1ccco1)NC(C1CC1)C1CC1. The van der Waals surface area contributed by atoms with Crippen molar-refractivity contribution in [3.05, 3.63) is 24.2 Å². The average molecular weight is 219 g/mol. The van der Waals surface area contributed by atoms with Crippen LogP contribution in [-0.2, 0) is 6.42 Å². The molecule has 0 spiro atoms. The predicted octanol–water partition coefficient (Wildman–Crippen LogP) is 2.99. The minimum atomic E-state index is 0.539. The molecule has 0 aromatic carbocycles. The monoisotopic (exact) mass is 219 g/mol. The van der Waals surface area contributed by atoms with E-state index >= 15 is 0 Å². The highest BCUT2D eigenvalue weighted by molar-refractivity contribution is 5.02. The minimum Gasteiger partial charge on any atom is -0.469 e. The van der Waals surface area contributed by atoms with E-state index in [-0.39, 0.29) is 0 Å². The van der Waals surface area contributed by atoms with E-state index in [1.807, 2.05) is 6.07 Å². The topological polar surface area (TPSA) is 25.2 Å². The summed E-state index contributed by atoms with van der Waals surface area (Å²) in [6, 6.07) is 5.38. The largest absolute Gasteiger partial charge is 0.469 e. The standard InChI is InChI=1S/C14H21NO/c1-10(9-13-3-2-8-16-13)15-14(11-4-5-11)12-6-7-12/h2-3,8,10-12,14-15H,4-7,9H2,1H3. The molecule has 2 aliphatic rings. The van der Waals surface area contributed by atoms with Crippen LogP contribution in [0.1, 0.15) is 38.4 Å². The van der Waals surface area contributed by atoms with Gasteiger partial charge >= 0.3 is 0 Å². The van der Waals surface area contributed by atoms with E-state index in [1.54, 1.807) is 6.26 Å². The quantitative estimate of drug-likeness (QED) is 0.795. The normalized spacial score (nSPS) is 22.6. The Hall–Kier alpha value is -0.760. The highest BCUT2D eigenvalue weighted by Gasteiger charge is 2.41. The van der Waals surface area contributed by atoms with Crippen molar-refractivity contribution in [3.63, 3.8) is 0 Å². The highest BCUT2D eigenvalue weighted by Crippen LogP contribution is 2.44. The molecule has 2 nitrogen and oxygen atoms in total. The molecule has 0 bridgehead atoms. The van der Waals surface area contributed by atoms with Crippen molar-refractivity contribution in [1.29, 1.82) is 0 Å². The summed E-state index contributed by atoms with van der Waals surface area (Å²) in [6.45, 7) is 2.28. The zero-order valence-corrected chi connectivity index (χ0v) is 9.99. The summed E-state index contributed by atoms with van der Waals surface area (Å²) in [4.78, 5) is 0. The van der Waals surface area contributed by atoms with Crippen LogP contribution in [0, 0.1) is 11.8 Å². The zero-order valence-electron chi connectivity index (χ0n) is 9.99. The molecule has 88 valence electrons. The Morgan fingerprint density at radius 1 is 1.31 bits per heavy atom. The lowest BCUT2D eigenvalue weighted by Gasteiger charge is -2.22. The molecular formula is C14H21NO. The average Bonchev–Trinajstić information content (AvgIpc) is 3.17. The summed E-state index contributed by atoms with van der Waals surface area (Å²) in [5, 5.41) is 3.82. The molecule has 2 heteroatoms. The van der Waals surface area contributed by atoms with Gasteiger partial charge in [-0.1, -0.05) is 0 Å². The van der Waals surface area contributed by atoms with Gasteiger partial charge in [0.1, 0.15) is 5.76 Å². The lowest BCUT2D eigenvalue weighted by atomic mass is 10.0. The minimum absolute atomic E-state index is 0.539. The van der Waals surface area contributed by atoms with Crippen LogP contribution in [0.2, 0.25) is 0 Å². The van der Waals surface area contributed by atoms with Crippen LogP contribution >= 0.6 is 0 Å². The van der Waals surface area contributed by atoms with Crippen LogP contribution in [0.5, 0.6) is 0 Å². The third kappa shape index (κ3) is 2.49. The van der Waals surface area contributed by atoms with Crippen molar-refractivity contribution in [2.45, 2.75) is 51.1 Å². The zero-order chi connectivity index (χ0) is 11.0. The third-order valence-corrected chi connectivity index (χ3v) is 3.82. The van der Waals surface area contributed by atoms with Gasteiger partial charge in [0.15, 0.2) is 0 Å². The number of hydrogen-bond donors (Lipinski definition) is 1. The van der Waals surface area contributed by atoms with Gasteiger partial charge in [0.2, 0.25) is 0 Å². The number of furan rings is 1. The molecule has 0 saturated heterocycles. The summed E-state index contributed by atoms with van der Waals surface area (Å²) < 4.78 is 5.40. The second-order valence-corrected chi connectivity index (χ2v) is 5.55. The first-order valence-corrected chi connectivity index (χ1v) is 6.61. The third-order valence-electron chi connectivity index (χ3n) is 3.82. The maximum Gasteiger partial charge on any atom is 0.105 e. The van der Waals surface area contributed by atoms with Gasteiger partial charge in [-0.05, 0) is 56.6 Å². The molecule has 1 aromatic heterocycles. The van der Waals surface area contributed by atoms with E-state index in [0.29, 0.717) is 6.04 Å². The molecule has 2 saturated carbocycles. The molecular weight excluding hydrogens is 198 g/mol. The van der Waals surface area contributed by atoms with Crippen LogP contribution in [-0.4, -0.2) is 12.1 Å². The molecule has 1 aromatic rings. The summed E-state index contributed by atoms with van der Waals surface area (Å²) >= 11 is 0. The number of rotatable bonds is 6. The predicted molar refractivity (Wildman–Crippen MR) is 64.2 cm³/mol. The molecule has 1 N–H and O–H groups in total. The smallest absolute Gasteiger partial charge is 0.105 e. The van der Waals surface area contributed by atoms with Gasteiger partial charge < -0.3 is 9.73 Å². The lowest BCUT2D eigenvalue weighted by Crippen LogP contribution is -2.40. The van der Waals surface area contributed by atoms with E-state index in [9.17, 15) is 0 Å². The lowest BCUT2D eigenvalue weighted by molar-refractivity contribution is 0.357. The maximum absolute atomic E-state index is 5.40. The molecule has 1 unspecified atom stereocenters. The summed E-state index contributed by atoms with van der Waals surface area (Å²) in [7, 11) is 0. The fourth-order valence-corrected chi connectivity index (χ4v) is 2.69. The molecule has 0 aliphatic heterocycles. The van der Waals surface area contributed by atoms with Gasteiger partial charge in [0.05, 0.1) is 6.26 Å². The number of nitrogens with one attached hydrogen (secondary N) is 1. The molecule has 3 rings (SSSR count). The molecule has 0 amide bonds. The van der Waals surface area contributed by atoms with Crippen molar-refractivity contribution in [3.8, 4) is 0 Å². The second kappa shape index (κ2) is 4.25. The fourth-order valence-electron chi connectivity index (χ4n) is 2.69. The van der Waals surface area contributed by atoms with Crippen LogP contribution in [0.25, 0.3) is 0 Å². The molecule has 0 radical (unpaired) electrons. The van der Waals surface area contributed by atoms with Gasteiger partial charge in [-0.15, -0.1) is 0 Å². The van der Waals surface area contributed by atoms with Gasteiger partial charge in [-0.25, -0.2) is 0 Å². The number of hydrogen-bond acceptors (Lipinski definition) is 2. The molecule has 1 heterocycles. The molecule has 16 heavy (non-hydrogen) atoms. The Labute approximate surface area is 97.4 Å². The second-order valence-electron chi connectivity index (χ2n) is 5.55. The van der Waals surface area contributed by atoms with Crippen molar-refractivity contribution in [1.82, 2.24) is 5.32 Å². The molecule has 1 atom stereocenters. The van der Waals surface area contributed by atoms with Gasteiger partial charge in [0, 0.05) is 18.5 Å². The Balaban J connectivity index is 1.52. The first-order valence-electron chi connectivity index (χ1n) is 6.61. The highest BCUT2D eigenvalue weighted by atomic mass is 16.3. The van der Waals surface area contributed by atoms with Crippen LogP contribution < -0.4 is 5.32 Å². The van der Waals surface area contributed by atoms with Gasteiger partial charge in [-0.2, -0.15) is 0 Å². The van der Waals surface area contributed by atoms with E-state index in [0.717, 1.165) is 30.1 Å². The van der Waals surface area contributed by atoms with E-state index in [2.05, 4.69) is 18.3 Å². The van der Waals surface area contributed by atoms with E-state index < -0.39 is 0 Å². The van der Waals surface area contributed by atoms with Crippen molar-refractivity contribution in [2.75, 3.05) is 0 Å². The van der Waals surface area contributed by atoms with Crippen LogP contribution in [0.15, 0.2) is 22.8 Å². The summed E-state index contributed by atoms with van der Waals surface area (Å²) in [6.07, 6.45) is 8.57. The van der Waals surface area contributed by atoms with Crippen molar-refractivity contribution < 1.29 is 4.42 Å². The Morgan fingerprint density at radius 2 is 2.00 bits per heavy atom. The molecule has 2 fully saturated rings. The van der Waals surface area contributed by atoms with Crippen molar-refractivity contribution >= 4 is 0 Å². The van der Waals surface area contributed by atoms with Crippen LogP contribution in [0.3, 0.4) is 0 Å². The van der Waals surface area contributed by atoms with Gasteiger partial charge in [-0.3, -0.25) is 0 Å². The Bertz CT molecular complexity index is 313. The van der Waals surface area contributed by atoms with E-state index in [1.165, 1.54) is 25.7 Å². The van der Waals surface area contributed by atoms with Crippen molar-refractivity contribution in [2.24, 2.45) is 11.8 Å². The Kier molecular flexibility index (Phi) is 2.76. The van der Waals surface area contributed by atoms with E-state index in [4.69, 9.17) is 4.42 Å². The first-order chi connectivity index (χ1) is 7.83.